The molecule has 0 amide bonds. The third kappa shape index (κ3) is 2.91. The normalized spacial score (nSPS) is 15.0. The maximum atomic E-state index is 7.50. The molecule has 0 unspecified atom stereocenters. The van der Waals surface area contributed by atoms with Gasteiger partial charge in [-0.25, -0.2) is 15.0 Å². The van der Waals surface area contributed by atoms with Crippen LogP contribution in [0.4, 0.5) is 11.8 Å². The van der Waals surface area contributed by atoms with E-state index in [0.29, 0.717) is 5.56 Å². The molecule has 0 aromatic carbocycles. The van der Waals surface area contributed by atoms with Gasteiger partial charge in [-0.3, -0.25) is 5.41 Å². The summed E-state index contributed by atoms with van der Waals surface area (Å²) in [6.07, 6.45) is 5.21. The number of nitrogens with two attached hydrogens (primary N) is 1. The van der Waals surface area contributed by atoms with E-state index < -0.39 is 0 Å². The van der Waals surface area contributed by atoms with Crippen molar-refractivity contribution in [3.63, 3.8) is 0 Å². The zero-order chi connectivity index (χ0) is 14.7. The van der Waals surface area contributed by atoms with Crippen molar-refractivity contribution in [1.82, 2.24) is 15.0 Å². The van der Waals surface area contributed by atoms with Gasteiger partial charge in [0.25, 0.3) is 0 Å². The van der Waals surface area contributed by atoms with Crippen LogP contribution >= 0.6 is 0 Å². The minimum absolute atomic E-state index is 0.0648. The molecular weight excluding hydrogens is 266 g/mol. The largest absolute Gasteiger partial charge is 0.384 e. The first-order valence-corrected chi connectivity index (χ1v) is 6.81. The maximum Gasteiger partial charge on any atom is 0.225 e. The summed E-state index contributed by atoms with van der Waals surface area (Å²) in [5, 5.41) is 7.50. The molecule has 7 nitrogen and oxygen atoms in total. The molecule has 0 bridgehead atoms. The molecule has 2 aromatic rings. The summed E-state index contributed by atoms with van der Waals surface area (Å²) in [5.41, 5.74) is 6.23. The topological polar surface area (TPSA) is 95.0 Å². The fourth-order valence-electron chi connectivity index (χ4n) is 2.35. The molecule has 0 atom stereocenters. The fraction of sp³-hybridized carbons (Fsp3) is 0.286. The SMILES string of the molecule is N=C(N)c1ccnc(N2CCN(c3ncccn3)CC2)c1. The minimum Gasteiger partial charge on any atom is -0.384 e. The standard InChI is InChI=1S/C14H17N7/c15-13(16)11-2-5-17-12(10-11)20-6-8-21(9-7-20)14-18-3-1-4-19-14/h1-5,10H,6-9H2,(H3,15,16). The van der Waals surface area contributed by atoms with Crippen molar-refractivity contribution in [3.05, 3.63) is 42.4 Å². The Morgan fingerprint density at radius 3 is 2.33 bits per heavy atom. The molecule has 1 aliphatic heterocycles. The Morgan fingerprint density at radius 2 is 1.67 bits per heavy atom. The maximum absolute atomic E-state index is 7.50. The van der Waals surface area contributed by atoms with Crippen LogP contribution in [-0.4, -0.2) is 47.0 Å². The highest BCUT2D eigenvalue weighted by Gasteiger charge is 2.19. The van der Waals surface area contributed by atoms with Crippen molar-refractivity contribution >= 4 is 17.6 Å². The van der Waals surface area contributed by atoms with Crippen LogP contribution in [0.15, 0.2) is 36.8 Å². The Kier molecular flexibility index (Phi) is 3.63. The molecule has 2 aromatic heterocycles. The van der Waals surface area contributed by atoms with Gasteiger partial charge in [0.15, 0.2) is 0 Å². The van der Waals surface area contributed by atoms with Gasteiger partial charge >= 0.3 is 0 Å². The van der Waals surface area contributed by atoms with Crippen LogP contribution in [0.1, 0.15) is 5.56 Å². The molecule has 3 rings (SSSR count). The first-order valence-electron chi connectivity index (χ1n) is 6.81. The van der Waals surface area contributed by atoms with E-state index >= 15 is 0 Å². The van der Waals surface area contributed by atoms with Gasteiger partial charge in [0, 0.05) is 50.3 Å². The molecule has 0 spiro atoms. The molecule has 1 fully saturated rings. The first-order chi connectivity index (χ1) is 10.2. The van der Waals surface area contributed by atoms with E-state index in [0.717, 1.165) is 37.9 Å². The predicted molar refractivity (Wildman–Crippen MR) is 81.7 cm³/mol. The van der Waals surface area contributed by atoms with E-state index in [1.165, 1.54) is 0 Å². The number of nitrogens with one attached hydrogen (secondary N) is 1. The van der Waals surface area contributed by atoms with Gasteiger partial charge in [-0.1, -0.05) is 0 Å². The molecule has 3 heterocycles. The first kappa shape index (κ1) is 13.3. The number of nitrogen functional groups attached to an aromatic ring is 1. The third-order valence-corrected chi connectivity index (χ3v) is 3.50. The highest BCUT2D eigenvalue weighted by atomic mass is 15.3. The highest BCUT2D eigenvalue weighted by molar-refractivity contribution is 5.95. The van der Waals surface area contributed by atoms with E-state index in [1.54, 1.807) is 24.7 Å². The summed E-state index contributed by atoms with van der Waals surface area (Å²) in [5.74, 6) is 1.69. The summed E-state index contributed by atoms with van der Waals surface area (Å²) >= 11 is 0. The molecule has 3 N–H and O–H groups in total. The van der Waals surface area contributed by atoms with E-state index in [4.69, 9.17) is 11.1 Å². The van der Waals surface area contributed by atoms with Crippen LogP contribution in [-0.2, 0) is 0 Å². The summed E-state index contributed by atoms with van der Waals surface area (Å²) in [6, 6.07) is 5.42. The van der Waals surface area contributed by atoms with Crippen LogP contribution in [0.3, 0.4) is 0 Å². The van der Waals surface area contributed by atoms with Crippen LogP contribution in [0, 0.1) is 5.41 Å². The molecule has 0 saturated carbocycles. The van der Waals surface area contributed by atoms with Crippen molar-refractivity contribution in [2.45, 2.75) is 0 Å². The Labute approximate surface area is 123 Å². The lowest BCUT2D eigenvalue weighted by Gasteiger charge is -2.35. The number of hydrogen-bond donors (Lipinski definition) is 2. The third-order valence-electron chi connectivity index (χ3n) is 3.50. The average Bonchev–Trinajstić information content (AvgIpc) is 2.56. The minimum atomic E-state index is 0.0648. The van der Waals surface area contributed by atoms with Gasteiger partial charge in [-0.05, 0) is 18.2 Å². The van der Waals surface area contributed by atoms with Crippen LogP contribution < -0.4 is 15.5 Å². The van der Waals surface area contributed by atoms with Crippen LogP contribution in [0.25, 0.3) is 0 Å². The number of anilines is 2. The molecule has 0 radical (unpaired) electrons. The van der Waals surface area contributed by atoms with E-state index in [2.05, 4.69) is 24.8 Å². The van der Waals surface area contributed by atoms with Gasteiger partial charge < -0.3 is 15.5 Å². The number of aromatic nitrogens is 3. The number of nitrogens with zero attached hydrogens (tertiary/aromatic N) is 5. The van der Waals surface area contributed by atoms with Gasteiger partial charge in [0.2, 0.25) is 5.95 Å². The van der Waals surface area contributed by atoms with Crippen molar-refractivity contribution < 1.29 is 0 Å². The molecular formula is C14H17N7. The second-order valence-electron chi connectivity index (χ2n) is 4.84. The lowest BCUT2D eigenvalue weighted by atomic mass is 10.2. The predicted octanol–water partition coefficient (Wildman–Crippen LogP) is 0.482. The summed E-state index contributed by atoms with van der Waals surface area (Å²) < 4.78 is 0. The van der Waals surface area contributed by atoms with E-state index in [1.807, 2.05) is 12.1 Å². The van der Waals surface area contributed by atoms with Gasteiger partial charge in [-0.15, -0.1) is 0 Å². The average molecular weight is 283 g/mol. The lowest BCUT2D eigenvalue weighted by molar-refractivity contribution is 0.634. The quantitative estimate of drug-likeness (QED) is 0.628. The number of pyridine rings is 1. The smallest absolute Gasteiger partial charge is 0.225 e. The van der Waals surface area contributed by atoms with Crippen LogP contribution in [0.5, 0.6) is 0 Å². The van der Waals surface area contributed by atoms with Gasteiger partial charge in [0.1, 0.15) is 11.7 Å². The summed E-state index contributed by atoms with van der Waals surface area (Å²) in [4.78, 5) is 17.3. The number of hydrogen-bond acceptors (Lipinski definition) is 6. The zero-order valence-corrected chi connectivity index (χ0v) is 11.6. The molecule has 21 heavy (non-hydrogen) atoms. The summed E-state index contributed by atoms with van der Waals surface area (Å²) in [7, 11) is 0. The molecule has 0 aliphatic carbocycles. The van der Waals surface area contributed by atoms with E-state index in [9.17, 15) is 0 Å². The number of amidine groups is 1. The second kappa shape index (κ2) is 5.74. The fourth-order valence-corrected chi connectivity index (χ4v) is 2.35. The number of piperazine rings is 1. The van der Waals surface area contributed by atoms with Crippen molar-refractivity contribution in [2.24, 2.45) is 5.73 Å². The molecule has 1 aliphatic rings. The Balaban J connectivity index is 1.68. The van der Waals surface area contributed by atoms with Crippen molar-refractivity contribution in [2.75, 3.05) is 36.0 Å². The Bertz CT molecular complexity index is 620. The molecule has 7 heteroatoms. The van der Waals surface area contributed by atoms with Gasteiger partial charge in [-0.2, -0.15) is 0 Å². The lowest BCUT2D eigenvalue weighted by Crippen LogP contribution is -2.47. The zero-order valence-electron chi connectivity index (χ0n) is 11.6. The Hall–Kier alpha value is -2.70. The van der Waals surface area contributed by atoms with Crippen molar-refractivity contribution in [3.8, 4) is 0 Å². The monoisotopic (exact) mass is 283 g/mol. The highest BCUT2D eigenvalue weighted by Crippen LogP contribution is 2.16. The van der Waals surface area contributed by atoms with Crippen LogP contribution in [0.2, 0.25) is 0 Å². The molecule has 108 valence electrons. The van der Waals surface area contributed by atoms with E-state index in [-0.39, 0.29) is 5.84 Å². The number of rotatable bonds is 3. The van der Waals surface area contributed by atoms with Gasteiger partial charge in [0.05, 0.1) is 0 Å². The van der Waals surface area contributed by atoms with Crippen molar-refractivity contribution in [1.29, 1.82) is 5.41 Å². The Morgan fingerprint density at radius 1 is 1.00 bits per heavy atom. The summed E-state index contributed by atoms with van der Waals surface area (Å²) in [6.45, 7) is 3.37. The second-order valence-corrected chi connectivity index (χ2v) is 4.84. The molecule has 1 saturated heterocycles.